The molecule has 4 aromatic rings. The second kappa shape index (κ2) is 12.3. The Labute approximate surface area is 257 Å². The summed E-state index contributed by atoms with van der Waals surface area (Å²) in [5.41, 5.74) is 2.46. The molecule has 0 aliphatic heterocycles. The van der Waals surface area contributed by atoms with E-state index in [1.807, 2.05) is 35.6 Å². The fourth-order valence-corrected chi connectivity index (χ4v) is 4.80. The first-order chi connectivity index (χ1) is 20.1. The molecule has 0 saturated carbocycles. The molecule has 0 aliphatic carbocycles. The summed E-state index contributed by atoms with van der Waals surface area (Å²) in [4.78, 5) is 31.7. The number of carbonyl (C=O) groups excluding carboxylic acids is 2. The van der Waals surface area contributed by atoms with E-state index in [0.29, 0.717) is 38.9 Å². The van der Waals surface area contributed by atoms with Gasteiger partial charge in [0.15, 0.2) is 0 Å². The van der Waals surface area contributed by atoms with E-state index in [2.05, 4.69) is 15.6 Å². The number of aryl methyl sites for hydroxylation is 1. The van der Waals surface area contributed by atoms with Gasteiger partial charge in [-0.15, -0.1) is 0 Å². The number of fused-ring (bicyclic) bond motifs is 1. The summed E-state index contributed by atoms with van der Waals surface area (Å²) in [6, 6.07) is 15.6. The number of aromatic nitrogens is 2. The van der Waals surface area contributed by atoms with Crippen LogP contribution in [0.15, 0.2) is 54.6 Å². The Hall–Kier alpha value is -3.96. The number of alkyl halides is 3. The largest absolute Gasteiger partial charge is 0.405 e. The lowest BCUT2D eigenvalue weighted by molar-refractivity contribution is -0.128. The Morgan fingerprint density at radius 2 is 1.67 bits per heavy atom. The summed E-state index contributed by atoms with van der Waals surface area (Å²) < 4.78 is 40.5. The van der Waals surface area contributed by atoms with Crippen molar-refractivity contribution in [2.24, 2.45) is 12.5 Å². The van der Waals surface area contributed by atoms with Crippen LogP contribution in [0, 0.1) is 5.41 Å². The van der Waals surface area contributed by atoms with E-state index in [9.17, 15) is 22.8 Å². The van der Waals surface area contributed by atoms with Crippen molar-refractivity contribution in [1.82, 2.24) is 20.2 Å². The van der Waals surface area contributed by atoms with Crippen molar-refractivity contribution in [3.05, 3.63) is 75.8 Å². The molecule has 4 rings (SSSR count). The SMILES string of the molecule is CN(c1ccccc1)c1cc2c(cc1C(=O)NCC(F)(F)F)nc(Nc1c(Cl)ccc(CNC(=O)C(C)(C)C)c1Cl)n2C. The van der Waals surface area contributed by atoms with Crippen molar-refractivity contribution in [3.8, 4) is 0 Å². The highest BCUT2D eigenvalue weighted by molar-refractivity contribution is 6.39. The maximum absolute atomic E-state index is 13.0. The number of hydrogen-bond acceptors (Lipinski definition) is 5. The van der Waals surface area contributed by atoms with Crippen molar-refractivity contribution >= 4 is 69.1 Å². The molecule has 0 fully saturated rings. The van der Waals surface area contributed by atoms with Crippen LogP contribution in [0.25, 0.3) is 11.0 Å². The zero-order chi connectivity index (χ0) is 31.7. The van der Waals surface area contributed by atoms with Crippen molar-refractivity contribution in [2.45, 2.75) is 33.5 Å². The van der Waals surface area contributed by atoms with Crippen molar-refractivity contribution in [3.63, 3.8) is 0 Å². The third-order valence-corrected chi connectivity index (χ3v) is 7.47. The number of amides is 2. The third kappa shape index (κ3) is 7.34. The molecule has 0 unspecified atom stereocenters. The van der Waals surface area contributed by atoms with E-state index in [-0.39, 0.29) is 23.0 Å². The lowest BCUT2D eigenvalue weighted by Crippen LogP contribution is -2.34. The summed E-state index contributed by atoms with van der Waals surface area (Å²) in [5.74, 6) is -0.723. The van der Waals surface area contributed by atoms with Crippen LogP contribution in [0.2, 0.25) is 10.0 Å². The van der Waals surface area contributed by atoms with Gasteiger partial charge in [0.05, 0.1) is 38.0 Å². The van der Waals surface area contributed by atoms with Gasteiger partial charge in [0.25, 0.3) is 5.91 Å². The maximum Gasteiger partial charge on any atom is 0.405 e. The topological polar surface area (TPSA) is 91.3 Å². The van der Waals surface area contributed by atoms with Gasteiger partial charge in [-0.2, -0.15) is 13.2 Å². The van der Waals surface area contributed by atoms with Gasteiger partial charge in [-0.05, 0) is 35.9 Å². The zero-order valence-corrected chi connectivity index (χ0v) is 25.7. The number of anilines is 4. The Balaban J connectivity index is 1.74. The molecule has 1 heterocycles. The van der Waals surface area contributed by atoms with Gasteiger partial charge >= 0.3 is 6.18 Å². The molecular formula is C30H31Cl2F3N6O2. The van der Waals surface area contributed by atoms with Crippen molar-refractivity contribution in [2.75, 3.05) is 23.8 Å². The lowest BCUT2D eigenvalue weighted by Gasteiger charge is -2.23. The highest BCUT2D eigenvalue weighted by Gasteiger charge is 2.29. The van der Waals surface area contributed by atoms with Crippen LogP contribution in [0.5, 0.6) is 0 Å². The minimum atomic E-state index is -4.57. The quantitative estimate of drug-likeness (QED) is 0.189. The predicted molar refractivity (Wildman–Crippen MR) is 165 cm³/mol. The minimum absolute atomic E-state index is 0.0143. The van der Waals surface area contributed by atoms with Gasteiger partial charge in [-0.3, -0.25) is 9.59 Å². The van der Waals surface area contributed by atoms with E-state index < -0.39 is 24.0 Å². The third-order valence-electron chi connectivity index (χ3n) is 6.73. The Bertz CT molecular complexity index is 1670. The monoisotopic (exact) mass is 634 g/mol. The first-order valence-electron chi connectivity index (χ1n) is 13.2. The second-order valence-electron chi connectivity index (χ2n) is 11.0. The summed E-state index contributed by atoms with van der Waals surface area (Å²) in [6.07, 6.45) is -4.57. The standard InChI is InChI=1S/C30H31Cl2F3N6O2/c1-29(2,3)27(43)36-15-17-11-12-20(31)25(24(17)32)39-28-38-21-13-19(26(42)37-16-30(33,34)35)22(14-23(21)41(28)5)40(4)18-9-7-6-8-10-18/h6-14H,15-16H2,1-5H3,(H,36,43)(H,37,42)(H,38,39). The van der Waals surface area contributed by atoms with Crippen molar-refractivity contribution in [1.29, 1.82) is 0 Å². The number of imidazole rings is 1. The Morgan fingerprint density at radius 1 is 1.00 bits per heavy atom. The average molecular weight is 636 g/mol. The van der Waals surface area contributed by atoms with Gasteiger partial charge < -0.3 is 25.4 Å². The van der Waals surface area contributed by atoms with E-state index in [0.717, 1.165) is 5.69 Å². The first-order valence-corrected chi connectivity index (χ1v) is 14.0. The molecule has 0 spiro atoms. The molecule has 0 saturated heterocycles. The van der Waals surface area contributed by atoms with Gasteiger partial charge in [0.1, 0.15) is 6.54 Å². The summed E-state index contributed by atoms with van der Waals surface area (Å²) in [6.45, 7) is 4.11. The molecule has 13 heteroatoms. The molecule has 0 radical (unpaired) electrons. The maximum atomic E-state index is 13.0. The van der Waals surface area contributed by atoms with Crippen LogP contribution in [0.3, 0.4) is 0 Å². The van der Waals surface area contributed by atoms with Gasteiger partial charge in [-0.1, -0.05) is 68.2 Å². The molecule has 0 aliphatic rings. The van der Waals surface area contributed by atoms with Crippen molar-refractivity contribution < 1.29 is 22.8 Å². The molecule has 43 heavy (non-hydrogen) atoms. The van der Waals surface area contributed by atoms with E-state index in [1.165, 1.54) is 6.07 Å². The first kappa shape index (κ1) is 32.0. The molecule has 228 valence electrons. The fourth-order valence-electron chi connectivity index (χ4n) is 4.26. The van der Waals surface area contributed by atoms with E-state index in [1.54, 1.807) is 62.5 Å². The highest BCUT2D eigenvalue weighted by Crippen LogP contribution is 2.37. The van der Waals surface area contributed by atoms with Gasteiger partial charge in [0.2, 0.25) is 11.9 Å². The molecule has 1 aromatic heterocycles. The Morgan fingerprint density at radius 3 is 2.30 bits per heavy atom. The second-order valence-corrected chi connectivity index (χ2v) is 11.8. The normalized spacial score (nSPS) is 11.9. The summed E-state index contributed by atoms with van der Waals surface area (Å²) in [7, 11) is 3.46. The number of benzene rings is 3. The number of halogens is 5. The predicted octanol–water partition coefficient (Wildman–Crippen LogP) is 7.35. The lowest BCUT2D eigenvalue weighted by atomic mass is 9.95. The number of hydrogen-bond donors (Lipinski definition) is 3. The molecule has 0 atom stereocenters. The van der Waals surface area contributed by atoms with E-state index in [4.69, 9.17) is 23.2 Å². The summed E-state index contributed by atoms with van der Waals surface area (Å²) >= 11 is 13.2. The van der Waals surface area contributed by atoms with Crippen LogP contribution >= 0.6 is 23.2 Å². The molecule has 0 bridgehead atoms. The minimum Gasteiger partial charge on any atom is -0.352 e. The Kier molecular flexibility index (Phi) is 9.17. The van der Waals surface area contributed by atoms with Crippen LogP contribution in [-0.2, 0) is 18.4 Å². The number of nitrogens with one attached hydrogen (secondary N) is 3. The number of carbonyl (C=O) groups is 2. The highest BCUT2D eigenvalue weighted by atomic mass is 35.5. The molecular weight excluding hydrogens is 604 g/mol. The van der Waals surface area contributed by atoms with Gasteiger partial charge in [-0.25, -0.2) is 4.98 Å². The van der Waals surface area contributed by atoms with Gasteiger partial charge in [0, 0.05) is 31.7 Å². The molecule has 3 aromatic carbocycles. The van der Waals surface area contributed by atoms with Crippen LogP contribution in [0.4, 0.5) is 36.2 Å². The fraction of sp³-hybridized carbons (Fsp3) is 0.300. The molecule has 2 amide bonds. The number of rotatable bonds is 8. The van der Waals surface area contributed by atoms with Crippen LogP contribution in [0.1, 0.15) is 36.7 Å². The smallest absolute Gasteiger partial charge is 0.352 e. The zero-order valence-electron chi connectivity index (χ0n) is 24.2. The molecule has 8 nitrogen and oxygen atoms in total. The molecule has 3 N–H and O–H groups in total. The van der Waals surface area contributed by atoms with Crippen LogP contribution in [-0.4, -0.2) is 41.1 Å². The number of nitrogens with zero attached hydrogens (tertiary/aromatic N) is 3. The van der Waals surface area contributed by atoms with E-state index >= 15 is 0 Å². The van der Waals surface area contributed by atoms with Crippen LogP contribution < -0.4 is 20.9 Å². The number of para-hydroxylation sites is 1. The average Bonchev–Trinajstić information content (AvgIpc) is 3.25. The summed E-state index contributed by atoms with van der Waals surface area (Å²) in [5, 5.41) is 8.55.